The van der Waals surface area contributed by atoms with E-state index in [1.165, 1.54) is 11.8 Å². The first-order valence-corrected chi connectivity index (χ1v) is 10.4. The van der Waals surface area contributed by atoms with Crippen molar-refractivity contribution in [2.24, 2.45) is 0 Å². The van der Waals surface area contributed by atoms with Gasteiger partial charge in [-0.3, -0.25) is 9.55 Å². The maximum Gasteiger partial charge on any atom is 0.196 e. The Morgan fingerprint density at radius 3 is 2.50 bits per heavy atom. The SMILES string of the molecule is Clc1cccc(-n2c(SCc3ccc(Cl)cc3Cl)nnc2-c2cccnc2)c1. The van der Waals surface area contributed by atoms with Crippen LogP contribution in [-0.2, 0) is 5.75 Å². The first kappa shape index (κ1) is 19.3. The lowest BCUT2D eigenvalue weighted by molar-refractivity contribution is 0.886. The molecular weight excluding hydrogens is 435 g/mol. The van der Waals surface area contributed by atoms with Gasteiger partial charge in [0.15, 0.2) is 11.0 Å². The zero-order valence-electron chi connectivity index (χ0n) is 14.4. The van der Waals surface area contributed by atoms with Crippen LogP contribution in [0.4, 0.5) is 0 Å². The number of hydrogen-bond donors (Lipinski definition) is 0. The van der Waals surface area contributed by atoms with Gasteiger partial charge in [0, 0.05) is 38.8 Å². The molecule has 2 aromatic carbocycles. The minimum absolute atomic E-state index is 0.611. The first-order valence-electron chi connectivity index (χ1n) is 8.30. The molecule has 4 rings (SSSR count). The number of aromatic nitrogens is 4. The molecule has 0 spiro atoms. The highest BCUT2D eigenvalue weighted by atomic mass is 35.5. The average Bonchev–Trinajstić information content (AvgIpc) is 3.12. The third kappa shape index (κ3) is 4.18. The molecule has 0 saturated heterocycles. The van der Waals surface area contributed by atoms with Crippen LogP contribution >= 0.6 is 46.6 Å². The molecule has 0 aliphatic heterocycles. The van der Waals surface area contributed by atoms with Crippen molar-refractivity contribution >= 4 is 46.6 Å². The predicted molar refractivity (Wildman–Crippen MR) is 116 cm³/mol. The lowest BCUT2D eigenvalue weighted by Gasteiger charge is -2.11. The minimum Gasteiger partial charge on any atom is -0.270 e. The zero-order valence-corrected chi connectivity index (χ0v) is 17.5. The van der Waals surface area contributed by atoms with Crippen LogP contribution in [0.2, 0.25) is 15.1 Å². The van der Waals surface area contributed by atoms with E-state index in [-0.39, 0.29) is 0 Å². The van der Waals surface area contributed by atoms with Gasteiger partial charge >= 0.3 is 0 Å². The molecule has 2 aromatic heterocycles. The summed E-state index contributed by atoms with van der Waals surface area (Å²) < 4.78 is 1.97. The highest BCUT2D eigenvalue weighted by Crippen LogP contribution is 2.32. The fraction of sp³-hybridized carbons (Fsp3) is 0.0500. The molecule has 0 bridgehead atoms. The summed E-state index contributed by atoms with van der Waals surface area (Å²) in [5, 5.41) is 11.4. The largest absolute Gasteiger partial charge is 0.270 e. The zero-order chi connectivity index (χ0) is 19.5. The van der Waals surface area contributed by atoms with Crippen LogP contribution in [0.15, 0.2) is 72.1 Å². The molecule has 0 amide bonds. The quantitative estimate of drug-likeness (QED) is 0.324. The van der Waals surface area contributed by atoms with Crippen LogP contribution in [0, 0.1) is 0 Å². The molecule has 0 saturated carbocycles. The van der Waals surface area contributed by atoms with Crippen LogP contribution in [0.3, 0.4) is 0 Å². The molecule has 2 heterocycles. The molecule has 0 N–H and O–H groups in total. The predicted octanol–water partition coefficient (Wildman–Crippen LogP) is 6.58. The van der Waals surface area contributed by atoms with Gasteiger partial charge in [-0.2, -0.15) is 0 Å². The van der Waals surface area contributed by atoms with E-state index in [1.54, 1.807) is 18.5 Å². The summed E-state index contributed by atoms with van der Waals surface area (Å²) in [7, 11) is 0. The second-order valence-corrected chi connectivity index (χ2v) is 8.11. The van der Waals surface area contributed by atoms with E-state index >= 15 is 0 Å². The van der Waals surface area contributed by atoms with Crippen LogP contribution < -0.4 is 0 Å². The van der Waals surface area contributed by atoms with Crippen LogP contribution in [-0.4, -0.2) is 19.7 Å². The fourth-order valence-electron chi connectivity index (χ4n) is 2.67. The Morgan fingerprint density at radius 1 is 0.893 bits per heavy atom. The second kappa shape index (κ2) is 8.53. The number of nitrogens with zero attached hydrogens (tertiary/aromatic N) is 4. The number of rotatable bonds is 5. The molecule has 0 fully saturated rings. The molecule has 28 heavy (non-hydrogen) atoms. The van der Waals surface area contributed by atoms with Crippen molar-refractivity contribution in [2.45, 2.75) is 10.9 Å². The van der Waals surface area contributed by atoms with Crippen molar-refractivity contribution in [2.75, 3.05) is 0 Å². The van der Waals surface area contributed by atoms with Gasteiger partial charge in [-0.1, -0.05) is 58.7 Å². The third-order valence-corrected chi connectivity index (χ3v) is 5.79. The first-order chi connectivity index (χ1) is 13.6. The Balaban J connectivity index is 1.74. The number of benzene rings is 2. The van der Waals surface area contributed by atoms with E-state index in [1.807, 2.05) is 53.1 Å². The summed E-state index contributed by atoms with van der Waals surface area (Å²) in [6.07, 6.45) is 3.48. The molecule has 140 valence electrons. The van der Waals surface area contributed by atoms with Crippen molar-refractivity contribution in [3.8, 4) is 17.1 Å². The van der Waals surface area contributed by atoms with Gasteiger partial charge in [0.05, 0.1) is 5.69 Å². The molecular formula is C20H13Cl3N4S. The van der Waals surface area contributed by atoms with E-state index < -0.39 is 0 Å². The summed E-state index contributed by atoms with van der Waals surface area (Å²) >= 11 is 20.0. The third-order valence-electron chi connectivity index (χ3n) is 3.99. The average molecular weight is 448 g/mol. The molecule has 0 unspecified atom stereocenters. The van der Waals surface area contributed by atoms with Gasteiger partial charge in [-0.25, -0.2) is 0 Å². The Hall–Kier alpha value is -2.05. The van der Waals surface area contributed by atoms with Crippen LogP contribution in [0.25, 0.3) is 17.1 Å². The highest BCUT2D eigenvalue weighted by molar-refractivity contribution is 7.98. The van der Waals surface area contributed by atoms with E-state index in [4.69, 9.17) is 34.8 Å². The highest BCUT2D eigenvalue weighted by Gasteiger charge is 2.17. The Morgan fingerprint density at radius 2 is 1.75 bits per heavy atom. The summed E-state index contributed by atoms with van der Waals surface area (Å²) in [6.45, 7) is 0. The Bertz CT molecular complexity index is 1120. The van der Waals surface area contributed by atoms with Gasteiger partial charge in [-0.05, 0) is 48.0 Å². The van der Waals surface area contributed by atoms with Gasteiger partial charge in [-0.15, -0.1) is 10.2 Å². The van der Waals surface area contributed by atoms with Crippen molar-refractivity contribution in [3.05, 3.63) is 87.6 Å². The topological polar surface area (TPSA) is 43.6 Å². The lowest BCUT2D eigenvalue weighted by atomic mass is 10.2. The van der Waals surface area contributed by atoms with Crippen LogP contribution in [0.5, 0.6) is 0 Å². The van der Waals surface area contributed by atoms with Gasteiger partial charge in [0.25, 0.3) is 0 Å². The van der Waals surface area contributed by atoms with E-state index in [0.717, 1.165) is 22.0 Å². The molecule has 4 nitrogen and oxygen atoms in total. The maximum absolute atomic E-state index is 6.31. The molecule has 4 aromatic rings. The number of thioether (sulfide) groups is 1. The van der Waals surface area contributed by atoms with Crippen molar-refractivity contribution < 1.29 is 0 Å². The molecule has 0 aliphatic carbocycles. The van der Waals surface area contributed by atoms with Crippen molar-refractivity contribution in [3.63, 3.8) is 0 Å². The number of pyridine rings is 1. The molecule has 0 radical (unpaired) electrons. The van der Waals surface area contributed by atoms with Crippen molar-refractivity contribution in [1.29, 1.82) is 0 Å². The minimum atomic E-state index is 0.611. The monoisotopic (exact) mass is 446 g/mol. The Kier molecular flexibility index (Phi) is 5.87. The summed E-state index contributed by atoms with van der Waals surface area (Å²) in [5.74, 6) is 1.32. The summed E-state index contributed by atoms with van der Waals surface area (Å²) in [6, 6.07) is 16.9. The van der Waals surface area contributed by atoms with Gasteiger partial charge in [0.1, 0.15) is 0 Å². The number of hydrogen-bond acceptors (Lipinski definition) is 4. The second-order valence-electron chi connectivity index (χ2n) is 5.89. The standard InChI is InChI=1S/C20H13Cl3N4S/c21-15-4-1-5-17(9-15)27-19(13-3-2-8-24-11-13)25-26-20(27)28-12-14-6-7-16(22)10-18(14)23/h1-11H,12H2. The van der Waals surface area contributed by atoms with E-state index in [2.05, 4.69) is 15.2 Å². The molecule has 8 heteroatoms. The van der Waals surface area contributed by atoms with E-state index in [9.17, 15) is 0 Å². The normalized spacial score (nSPS) is 11.0. The smallest absolute Gasteiger partial charge is 0.196 e. The van der Waals surface area contributed by atoms with Crippen molar-refractivity contribution in [1.82, 2.24) is 19.7 Å². The number of halogens is 3. The fourth-order valence-corrected chi connectivity index (χ4v) is 4.37. The van der Waals surface area contributed by atoms with Crippen LogP contribution in [0.1, 0.15) is 5.56 Å². The molecule has 0 aliphatic rings. The summed E-state index contributed by atoms with van der Waals surface area (Å²) in [4.78, 5) is 4.19. The lowest BCUT2D eigenvalue weighted by Crippen LogP contribution is -2.00. The molecule has 0 atom stereocenters. The van der Waals surface area contributed by atoms with Gasteiger partial charge in [0.2, 0.25) is 0 Å². The van der Waals surface area contributed by atoms with Gasteiger partial charge < -0.3 is 0 Å². The maximum atomic E-state index is 6.31. The summed E-state index contributed by atoms with van der Waals surface area (Å²) in [5.41, 5.74) is 2.71. The Labute approximate surface area is 181 Å². The van der Waals surface area contributed by atoms with E-state index in [0.29, 0.717) is 26.6 Å².